The van der Waals surface area contributed by atoms with Crippen LogP contribution in [0.3, 0.4) is 0 Å². The highest BCUT2D eigenvalue weighted by Gasteiger charge is 2.39. The van der Waals surface area contributed by atoms with Crippen molar-refractivity contribution >= 4 is 27.6 Å². The van der Waals surface area contributed by atoms with Gasteiger partial charge in [0, 0.05) is 27.7 Å². The molecule has 0 saturated heterocycles. The Labute approximate surface area is 210 Å². The SMILES string of the molecule is CC.CCCCCCOc1nsnc1C1=CCC[N+](C)(COS(C(C)C)(C(C)C)C(C)C)C1. The van der Waals surface area contributed by atoms with Gasteiger partial charge in [0.05, 0.1) is 31.9 Å². The molecule has 0 aliphatic carbocycles. The van der Waals surface area contributed by atoms with Gasteiger partial charge in [-0.05, 0) is 6.42 Å². The van der Waals surface area contributed by atoms with E-state index in [1.165, 1.54) is 36.6 Å². The van der Waals surface area contributed by atoms with Gasteiger partial charge in [-0.2, -0.15) is 4.37 Å². The van der Waals surface area contributed by atoms with Crippen LogP contribution in [0.25, 0.3) is 5.57 Å². The molecule has 0 spiro atoms. The van der Waals surface area contributed by atoms with E-state index in [0.717, 1.165) is 49.4 Å². The van der Waals surface area contributed by atoms with Crippen LogP contribution in [-0.2, 0) is 4.18 Å². The number of rotatable bonds is 13. The van der Waals surface area contributed by atoms with Crippen molar-refractivity contribution in [2.45, 2.75) is 110 Å². The molecular weight excluding hydrogens is 450 g/mol. The largest absolute Gasteiger partial charge is 0.475 e. The molecule has 1 unspecified atom stereocenters. The molecule has 0 bridgehead atoms. The van der Waals surface area contributed by atoms with Crippen molar-refractivity contribution in [1.29, 1.82) is 0 Å². The first-order chi connectivity index (χ1) is 15.7. The zero-order chi connectivity index (χ0) is 25.1. The number of ether oxygens (including phenoxy) is 1. The van der Waals surface area contributed by atoms with Crippen LogP contribution >= 0.6 is 22.0 Å². The average molecular weight is 503 g/mol. The predicted octanol–water partition coefficient (Wildman–Crippen LogP) is 7.68. The number of unbranched alkanes of at least 4 members (excludes halogenated alkanes) is 3. The summed E-state index contributed by atoms with van der Waals surface area (Å²) in [5.74, 6) is 0.716. The molecular formula is C26H52N3O2S2+. The highest BCUT2D eigenvalue weighted by atomic mass is 32.3. The van der Waals surface area contributed by atoms with E-state index >= 15 is 0 Å². The quantitative estimate of drug-likeness (QED) is 0.205. The third kappa shape index (κ3) is 8.22. The van der Waals surface area contributed by atoms with Gasteiger partial charge < -0.3 is 4.74 Å². The molecule has 2 heterocycles. The summed E-state index contributed by atoms with van der Waals surface area (Å²) in [5.41, 5.74) is 2.20. The van der Waals surface area contributed by atoms with Gasteiger partial charge in [-0.1, -0.05) is 87.7 Å². The fraction of sp³-hybridized carbons (Fsp3) is 0.846. The van der Waals surface area contributed by atoms with E-state index in [4.69, 9.17) is 8.92 Å². The van der Waals surface area contributed by atoms with E-state index in [-0.39, 0.29) is 0 Å². The van der Waals surface area contributed by atoms with Gasteiger partial charge >= 0.3 is 0 Å². The minimum absolute atomic E-state index is 0.550. The summed E-state index contributed by atoms with van der Waals surface area (Å²) in [6.07, 6.45) is 8.16. The molecule has 0 aromatic carbocycles. The van der Waals surface area contributed by atoms with Crippen molar-refractivity contribution in [3.63, 3.8) is 0 Å². The lowest BCUT2D eigenvalue weighted by Gasteiger charge is -2.51. The van der Waals surface area contributed by atoms with E-state index in [1.807, 2.05) is 13.8 Å². The normalized spacial score (nSPS) is 19.5. The van der Waals surface area contributed by atoms with E-state index in [1.54, 1.807) is 0 Å². The summed E-state index contributed by atoms with van der Waals surface area (Å²) in [5, 5.41) is 1.65. The van der Waals surface area contributed by atoms with Crippen LogP contribution < -0.4 is 4.74 Å². The van der Waals surface area contributed by atoms with Gasteiger partial charge in [-0.3, -0.25) is 8.67 Å². The molecule has 0 fully saturated rings. The third-order valence-electron chi connectivity index (χ3n) is 6.39. The zero-order valence-corrected chi connectivity index (χ0v) is 24.8. The van der Waals surface area contributed by atoms with Crippen LogP contribution in [0.15, 0.2) is 6.08 Å². The molecule has 0 N–H and O–H groups in total. The van der Waals surface area contributed by atoms with Crippen molar-refractivity contribution in [1.82, 2.24) is 8.75 Å². The second-order valence-electron chi connectivity index (χ2n) is 9.94. The van der Waals surface area contributed by atoms with E-state index in [2.05, 4.69) is 70.3 Å². The lowest BCUT2D eigenvalue weighted by molar-refractivity contribution is -0.918. The summed E-state index contributed by atoms with van der Waals surface area (Å²) in [6.45, 7) is 23.7. The number of quaternary nitrogens is 1. The van der Waals surface area contributed by atoms with Crippen molar-refractivity contribution in [2.75, 3.05) is 33.5 Å². The van der Waals surface area contributed by atoms with E-state index in [9.17, 15) is 0 Å². The van der Waals surface area contributed by atoms with Gasteiger partial charge in [0.2, 0.25) is 0 Å². The van der Waals surface area contributed by atoms with Crippen LogP contribution in [0.2, 0.25) is 0 Å². The van der Waals surface area contributed by atoms with Gasteiger partial charge in [0.25, 0.3) is 5.88 Å². The predicted molar refractivity (Wildman–Crippen MR) is 148 cm³/mol. The molecule has 0 radical (unpaired) electrons. The highest BCUT2D eigenvalue weighted by molar-refractivity contribution is 8.31. The average Bonchev–Trinajstić information content (AvgIpc) is 3.23. The van der Waals surface area contributed by atoms with Gasteiger partial charge in [-0.25, -0.2) is 0 Å². The molecule has 7 heteroatoms. The molecule has 0 saturated carbocycles. The maximum Gasteiger partial charge on any atom is 0.253 e. The Bertz CT molecular complexity index is 682. The molecule has 1 atom stereocenters. The fourth-order valence-corrected chi connectivity index (χ4v) is 9.87. The summed E-state index contributed by atoms with van der Waals surface area (Å²) < 4.78 is 22.9. The number of hydrogen-bond donors (Lipinski definition) is 0. The lowest BCUT2D eigenvalue weighted by Crippen LogP contribution is -2.50. The number of likely N-dealkylation sites (N-methyl/N-ethyl adjacent to an activating group) is 1. The maximum atomic E-state index is 6.92. The number of hydrogen-bond acceptors (Lipinski definition) is 5. The Balaban J connectivity index is 0.00000265. The van der Waals surface area contributed by atoms with Crippen LogP contribution in [0.4, 0.5) is 0 Å². The van der Waals surface area contributed by atoms with Crippen molar-refractivity contribution < 1.29 is 13.4 Å². The summed E-state index contributed by atoms with van der Waals surface area (Å²) >= 11 is 1.26. The standard InChI is InChI=1S/C24H46N3O2S2.C2H6/c1-9-10-11-12-16-28-24-23(25-30-26-24)22-14-13-15-27(8,17-22)18-29-31(19(2)3,20(4)5)21(6)7;1-2/h14,19-21H,9-13,15-18H2,1-8H3;1-2H3/q+1;. The first kappa shape index (κ1) is 30.4. The summed E-state index contributed by atoms with van der Waals surface area (Å²) in [7, 11) is 1.15. The Morgan fingerprint density at radius 2 is 1.64 bits per heavy atom. The Hall–Kier alpha value is -0.630. The third-order valence-corrected chi connectivity index (χ3v) is 11.8. The molecule has 2 rings (SSSR count). The minimum atomic E-state index is -1.17. The van der Waals surface area contributed by atoms with E-state index in [0.29, 0.717) is 21.6 Å². The second kappa shape index (κ2) is 14.7. The zero-order valence-electron chi connectivity index (χ0n) is 23.1. The Morgan fingerprint density at radius 1 is 1.00 bits per heavy atom. The molecule has 5 nitrogen and oxygen atoms in total. The second-order valence-corrected chi connectivity index (χ2v) is 14.9. The van der Waals surface area contributed by atoms with Crippen molar-refractivity contribution in [2.24, 2.45) is 0 Å². The Kier molecular flexibility index (Phi) is 13.5. The first-order valence-electron chi connectivity index (χ1n) is 13.1. The van der Waals surface area contributed by atoms with Crippen LogP contribution in [-0.4, -0.2) is 62.5 Å². The molecule has 194 valence electrons. The van der Waals surface area contributed by atoms with Gasteiger partial charge in [-0.15, -0.1) is 14.7 Å². The smallest absolute Gasteiger partial charge is 0.253 e. The lowest BCUT2D eigenvalue weighted by atomic mass is 10.1. The van der Waals surface area contributed by atoms with Crippen LogP contribution in [0.5, 0.6) is 5.88 Å². The van der Waals surface area contributed by atoms with Crippen molar-refractivity contribution in [3.05, 3.63) is 11.8 Å². The van der Waals surface area contributed by atoms with Crippen molar-refractivity contribution in [3.8, 4) is 5.88 Å². The molecule has 1 aliphatic heterocycles. The molecule has 1 aromatic heterocycles. The number of aromatic nitrogens is 2. The van der Waals surface area contributed by atoms with Gasteiger partial charge in [0.1, 0.15) is 12.2 Å². The molecule has 0 amide bonds. The summed E-state index contributed by atoms with van der Waals surface area (Å²) in [4.78, 5) is 0. The Morgan fingerprint density at radius 3 is 2.21 bits per heavy atom. The molecule has 1 aliphatic rings. The van der Waals surface area contributed by atoms with E-state index < -0.39 is 10.3 Å². The first-order valence-corrected chi connectivity index (χ1v) is 15.6. The molecule has 33 heavy (non-hydrogen) atoms. The highest BCUT2D eigenvalue weighted by Crippen LogP contribution is 2.61. The van der Waals surface area contributed by atoms with Crippen LogP contribution in [0.1, 0.15) is 100 Å². The monoisotopic (exact) mass is 502 g/mol. The van der Waals surface area contributed by atoms with Gasteiger partial charge in [0.15, 0.2) is 6.73 Å². The molecule has 1 aromatic rings. The topological polar surface area (TPSA) is 44.2 Å². The summed E-state index contributed by atoms with van der Waals surface area (Å²) in [6, 6.07) is 0. The van der Waals surface area contributed by atoms with Crippen LogP contribution in [0, 0.1) is 0 Å². The number of nitrogens with zero attached hydrogens (tertiary/aromatic N) is 3. The maximum absolute atomic E-state index is 6.92. The fourth-order valence-electron chi connectivity index (χ4n) is 4.82. The minimum Gasteiger partial charge on any atom is -0.475 e.